The Labute approximate surface area is 188 Å². The number of carbonyl (C=O) groups excluding carboxylic acids is 1. The number of methoxy groups -OCH3 is 3. The molecular weight excluding hydrogens is 438 g/mol. The summed E-state index contributed by atoms with van der Waals surface area (Å²) >= 11 is 7.38. The van der Waals surface area contributed by atoms with Crippen molar-refractivity contribution in [1.82, 2.24) is 9.78 Å². The van der Waals surface area contributed by atoms with Crippen LogP contribution < -0.4 is 19.5 Å². The van der Waals surface area contributed by atoms with Crippen molar-refractivity contribution in [3.05, 3.63) is 52.4 Å². The molecule has 160 valence electrons. The van der Waals surface area contributed by atoms with Crippen LogP contribution in [-0.4, -0.2) is 37.0 Å². The number of nitrogens with one attached hydrogen (secondary N) is 1. The molecule has 4 aromatic rings. The molecule has 0 saturated carbocycles. The number of thiophene rings is 1. The molecule has 2 aromatic carbocycles. The highest BCUT2D eigenvalue weighted by Gasteiger charge is 2.20. The van der Waals surface area contributed by atoms with Gasteiger partial charge in [-0.2, -0.15) is 5.10 Å². The Morgan fingerprint density at radius 3 is 2.26 bits per heavy atom. The van der Waals surface area contributed by atoms with Crippen molar-refractivity contribution < 1.29 is 19.0 Å². The van der Waals surface area contributed by atoms with Gasteiger partial charge in [-0.15, -0.1) is 11.3 Å². The number of hydrogen-bond donors (Lipinski definition) is 1. The summed E-state index contributed by atoms with van der Waals surface area (Å²) in [6.45, 7) is 0. The summed E-state index contributed by atoms with van der Waals surface area (Å²) in [5.41, 5.74) is 2.27. The van der Waals surface area contributed by atoms with E-state index in [2.05, 4.69) is 10.4 Å². The Morgan fingerprint density at radius 1 is 1.03 bits per heavy atom. The number of ether oxygens (including phenoxy) is 3. The minimum Gasteiger partial charge on any atom is -0.493 e. The van der Waals surface area contributed by atoms with E-state index in [9.17, 15) is 4.79 Å². The Bertz CT molecular complexity index is 1240. The Morgan fingerprint density at radius 2 is 1.68 bits per heavy atom. The van der Waals surface area contributed by atoms with Gasteiger partial charge in [-0.05, 0) is 18.2 Å². The smallest absolute Gasteiger partial charge is 0.265 e. The Kier molecular flexibility index (Phi) is 5.75. The Hall–Kier alpha value is -3.23. The summed E-state index contributed by atoms with van der Waals surface area (Å²) in [5, 5.41) is 9.07. The van der Waals surface area contributed by atoms with Crippen LogP contribution in [0.4, 0.5) is 5.69 Å². The van der Waals surface area contributed by atoms with Gasteiger partial charge < -0.3 is 19.5 Å². The summed E-state index contributed by atoms with van der Waals surface area (Å²) in [5.74, 6) is 1.14. The van der Waals surface area contributed by atoms with Gasteiger partial charge in [-0.3, -0.25) is 9.48 Å². The zero-order valence-corrected chi connectivity index (χ0v) is 18.9. The number of halogens is 1. The zero-order chi connectivity index (χ0) is 22.1. The molecule has 4 rings (SSSR count). The van der Waals surface area contributed by atoms with Crippen LogP contribution >= 0.6 is 22.9 Å². The van der Waals surface area contributed by atoms with Crippen molar-refractivity contribution in [2.45, 2.75) is 0 Å². The van der Waals surface area contributed by atoms with E-state index in [0.29, 0.717) is 32.8 Å². The molecule has 0 spiro atoms. The fourth-order valence-corrected chi connectivity index (χ4v) is 4.41. The fraction of sp³-hybridized carbons (Fsp3) is 0.182. The maximum atomic E-state index is 13.0. The Balaban J connectivity index is 1.68. The number of aromatic nitrogens is 2. The third-order valence-electron chi connectivity index (χ3n) is 4.78. The lowest BCUT2D eigenvalue weighted by Crippen LogP contribution is -2.10. The highest BCUT2D eigenvalue weighted by atomic mass is 35.5. The lowest BCUT2D eigenvalue weighted by atomic mass is 10.1. The van der Waals surface area contributed by atoms with E-state index in [1.807, 2.05) is 37.4 Å². The number of carbonyl (C=O) groups is 1. The average molecular weight is 458 g/mol. The van der Waals surface area contributed by atoms with E-state index in [1.165, 1.54) is 32.7 Å². The number of nitrogens with zero attached hydrogens (tertiary/aromatic N) is 2. The van der Waals surface area contributed by atoms with Crippen LogP contribution in [0.25, 0.3) is 21.5 Å². The molecule has 2 aromatic heterocycles. The van der Waals surface area contributed by atoms with Gasteiger partial charge in [0.25, 0.3) is 5.91 Å². The van der Waals surface area contributed by atoms with Gasteiger partial charge in [-0.1, -0.05) is 23.7 Å². The molecule has 0 atom stereocenters. The highest BCUT2D eigenvalue weighted by Crippen LogP contribution is 2.40. The van der Waals surface area contributed by atoms with Crippen molar-refractivity contribution in [1.29, 1.82) is 0 Å². The van der Waals surface area contributed by atoms with E-state index < -0.39 is 0 Å². The van der Waals surface area contributed by atoms with Gasteiger partial charge in [-0.25, -0.2) is 0 Å². The van der Waals surface area contributed by atoms with Crippen molar-refractivity contribution in [2.75, 3.05) is 26.6 Å². The maximum Gasteiger partial charge on any atom is 0.265 e. The number of aryl methyl sites for hydroxylation is 1. The summed E-state index contributed by atoms with van der Waals surface area (Å²) < 4.78 is 17.8. The predicted molar refractivity (Wildman–Crippen MR) is 123 cm³/mol. The van der Waals surface area contributed by atoms with Crippen LogP contribution in [0.2, 0.25) is 5.02 Å². The lowest BCUT2D eigenvalue weighted by molar-refractivity contribution is 0.103. The minimum atomic E-state index is -0.238. The second kappa shape index (κ2) is 8.49. The van der Waals surface area contributed by atoms with Gasteiger partial charge in [0.05, 0.1) is 26.2 Å². The molecule has 7 nitrogen and oxygen atoms in total. The molecule has 0 saturated heterocycles. The van der Waals surface area contributed by atoms with Gasteiger partial charge in [0, 0.05) is 40.8 Å². The molecule has 0 aliphatic heterocycles. The highest BCUT2D eigenvalue weighted by molar-refractivity contribution is 7.20. The molecule has 2 heterocycles. The lowest BCUT2D eigenvalue weighted by Gasteiger charge is -2.14. The van der Waals surface area contributed by atoms with Crippen molar-refractivity contribution in [3.8, 4) is 28.5 Å². The number of anilines is 1. The molecule has 1 N–H and O–H groups in total. The number of benzene rings is 2. The second-order valence-electron chi connectivity index (χ2n) is 6.68. The summed E-state index contributed by atoms with van der Waals surface area (Å²) in [7, 11) is 6.45. The summed E-state index contributed by atoms with van der Waals surface area (Å²) in [4.78, 5) is 14.4. The maximum absolute atomic E-state index is 13.0. The number of hydrogen-bond acceptors (Lipinski definition) is 6. The summed E-state index contributed by atoms with van der Waals surface area (Å²) in [6.07, 6.45) is 0. The van der Waals surface area contributed by atoms with Gasteiger partial charge >= 0.3 is 0 Å². The standard InChI is InChI=1S/C22H20ClN3O4S/c1-26-22-15(19(25-26)12-5-7-13(23)8-6-12)11-18(31-22)21(27)24-14-9-16(28-2)20(30-4)17(10-14)29-3/h5-11H,1-4H3,(H,24,27). The first-order valence-electron chi connectivity index (χ1n) is 9.29. The number of fused-ring (bicyclic) bond motifs is 1. The van der Waals surface area contributed by atoms with Crippen LogP contribution in [0.1, 0.15) is 9.67 Å². The van der Waals surface area contributed by atoms with E-state index >= 15 is 0 Å². The third kappa shape index (κ3) is 3.92. The molecule has 0 radical (unpaired) electrons. The second-order valence-corrected chi connectivity index (χ2v) is 8.14. The van der Waals surface area contributed by atoms with Crippen LogP contribution in [0, 0.1) is 0 Å². The minimum absolute atomic E-state index is 0.238. The molecule has 1 amide bonds. The summed E-state index contributed by atoms with van der Waals surface area (Å²) in [6, 6.07) is 12.7. The first-order chi connectivity index (χ1) is 14.9. The molecule has 0 aliphatic rings. The van der Waals surface area contributed by atoms with Crippen LogP contribution in [-0.2, 0) is 7.05 Å². The molecular formula is C22H20ClN3O4S. The first kappa shape index (κ1) is 21.0. The molecule has 0 fully saturated rings. The van der Waals surface area contributed by atoms with Crippen molar-refractivity contribution in [2.24, 2.45) is 7.05 Å². The normalized spacial score (nSPS) is 10.9. The SMILES string of the molecule is COc1cc(NC(=O)c2cc3c(-c4ccc(Cl)cc4)nn(C)c3s2)cc(OC)c1OC. The van der Waals surface area contributed by atoms with E-state index in [0.717, 1.165) is 21.5 Å². The van der Waals surface area contributed by atoms with Crippen LogP contribution in [0.5, 0.6) is 17.2 Å². The average Bonchev–Trinajstić information content (AvgIpc) is 3.34. The van der Waals surface area contributed by atoms with Crippen LogP contribution in [0.15, 0.2) is 42.5 Å². The third-order valence-corrected chi connectivity index (χ3v) is 6.23. The first-order valence-corrected chi connectivity index (χ1v) is 10.5. The van der Waals surface area contributed by atoms with Crippen molar-refractivity contribution in [3.63, 3.8) is 0 Å². The van der Waals surface area contributed by atoms with Gasteiger partial charge in [0.15, 0.2) is 11.5 Å². The van der Waals surface area contributed by atoms with E-state index in [-0.39, 0.29) is 5.91 Å². The number of rotatable bonds is 6. The molecule has 9 heteroatoms. The molecule has 0 unspecified atom stereocenters. The van der Waals surface area contributed by atoms with Crippen molar-refractivity contribution >= 4 is 44.7 Å². The number of amides is 1. The molecule has 0 bridgehead atoms. The van der Waals surface area contributed by atoms with Gasteiger partial charge in [0.2, 0.25) is 5.75 Å². The largest absolute Gasteiger partial charge is 0.493 e. The quantitative estimate of drug-likeness (QED) is 0.429. The van der Waals surface area contributed by atoms with Gasteiger partial charge in [0.1, 0.15) is 10.5 Å². The van der Waals surface area contributed by atoms with Crippen LogP contribution in [0.3, 0.4) is 0 Å². The zero-order valence-electron chi connectivity index (χ0n) is 17.4. The molecule has 31 heavy (non-hydrogen) atoms. The molecule has 0 aliphatic carbocycles. The predicted octanol–water partition coefficient (Wildman–Crippen LogP) is 5.23. The van der Waals surface area contributed by atoms with E-state index in [1.54, 1.807) is 16.8 Å². The topological polar surface area (TPSA) is 74.6 Å². The fourth-order valence-electron chi connectivity index (χ4n) is 3.32. The van der Waals surface area contributed by atoms with E-state index in [4.69, 9.17) is 25.8 Å². The monoisotopic (exact) mass is 457 g/mol.